The van der Waals surface area contributed by atoms with Gasteiger partial charge in [0, 0.05) is 6.66 Å². The summed E-state index contributed by atoms with van der Waals surface area (Å²) in [6.45, 7) is 12.2. The molecule has 3 aliphatic carbocycles. The van der Waals surface area contributed by atoms with Crippen LogP contribution in [-0.2, 0) is 34.2 Å². The lowest BCUT2D eigenvalue weighted by molar-refractivity contribution is -0.0983. The SMILES string of the molecule is Cc1cc(OP(=O)(O)OP(=O)(O)OP(C)(=O)O)cc2c1[C@]1(C)CC[C@H]3C(C)(C)CCC[C@]3(C)[C@H]1C2. The van der Waals surface area contributed by atoms with E-state index in [1.807, 2.05) is 6.92 Å². The monoisotopic (exact) mass is 550 g/mol. The Morgan fingerprint density at radius 3 is 2.20 bits per heavy atom. The van der Waals surface area contributed by atoms with Crippen molar-refractivity contribution in [2.24, 2.45) is 22.7 Å². The third-order valence-electron chi connectivity index (χ3n) is 8.86. The minimum Gasteiger partial charge on any atom is -0.404 e. The van der Waals surface area contributed by atoms with Crippen molar-refractivity contribution in [2.75, 3.05) is 6.66 Å². The molecule has 0 spiro atoms. The first-order chi connectivity index (χ1) is 15.8. The molecule has 2 fully saturated rings. The molecule has 0 heterocycles. The molecule has 2 saturated carbocycles. The Labute approximate surface area is 207 Å². The topological polar surface area (TPSA) is 140 Å². The summed E-state index contributed by atoms with van der Waals surface area (Å²) in [6, 6.07) is 3.35. The number of phosphoric acid groups is 2. The Kier molecular flexibility index (Phi) is 6.70. The number of phosphoric ester groups is 1. The average molecular weight is 550 g/mol. The van der Waals surface area contributed by atoms with E-state index in [2.05, 4.69) is 36.3 Å². The number of aryl methyl sites for hydroxylation is 1. The quantitative estimate of drug-likeness (QED) is 0.340. The van der Waals surface area contributed by atoms with E-state index in [0.29, 0.717) is 23.9 Å². The van der Waals surface area contributed by atoms with Gasteiger partial charge in [0.2, 0.25) is 0 Å². The predicted octanol–water partition coefficient (Wildman–Crippen LogP) is 6.48. The molecule has 4 rings (SSSR count). The molecule has 35 heavy (non-hydrogen) atoms. The summed E-state index contributed by atoms with van der Waals surface area (Å²) in [7, 11) is -14.9. The van der Waals surface area contributed by atoms with Crippen LogP contribution in [0.1, 0.15) is 76.5 Å². The van der Waals surface area contributed by atoms with Crippen molar-refractivity contribution >= 4 is 23.2 Å². The van der Waals surface area contributed by atoms with Crippen LogP contribution in [0.15, 0.2) is 12.1 Å². The summed E-state index contributed by atoms with van der Waals surface area (Å²) in [5.41, 5.74) is 3.72. The molecule has 0 aliphatic heterocycles. The van der Waals surface area contributed by atoms with Gasteiger partial charge in [0.05, 0.1) is 0 Å². The largest absolute Gasteiger partial charge is 0.536 e. The lowest BCUT2D eigenvalue weighted by Crippen LogP contribution is -2.55. The summed E-state index contributed by atoms with van der Waals surface area (Å²) in [5.74, 6) is 1.10. The maximum Gasteiger partial charge on any atom is 0.536 e. The van der Waals surface area contributed by atoms with E-state index in [1.54, 1.807) is 12.1 Å². The van der Waals surface area contributed by atoms with Crippen LogP contribution >= 0.6 is 23.2 Å². The van der Waals surface area contributed by atoms with Crippen molar-refractivity contribution in [1.29, 1.82) is 0 Å². The molecule has 0 radical (unpaired) electrons. The van der Waals surface area contributed by atoms with Gasteiger partial charge in [-0.2, -0.15) is 4.31 Å². The van der Waals surface area contributed by atoms with Crippen molar-refractivity contribution < 1.29 is 41.5 Å². The van der Waals surface area contributed by atoms with Crippen LogP contribution in [-0.4, -0.2) is 21.3 Å². The second-order valence-electron chi connectivity index (χ2n) is 11.9. The molecule has 7 atom stereocenters. The number of benzene rings is 1. The van der Waals surface area contributed by atoms with Gasteiger partial charge in [0.1, 0.15) is 5.75 Å². The maximum absolute atomic E-state index is 12.4. The Morgan fingerprint density at radius 1 is 0.914 bits per heavy atom. The standard InChI is InChI=1S/C23H37O9P3/c1-15-12-17(30-34(26,27)32-35(28,29)31-33(6,24)25)13-16-14-19-22(4)10-7-9-21(2,3)18(22)8-11-23(19,5)20(15)16/h12-13,18-19H,7-11,14H2,1-6H3,(H,24,25)(H,26,27)(H,28,29)/t18-,19+,22-,23+/m0/s1. The zero-order chi connectivity index (χ0) is 26.2. The van der Waals surface area contributed by atoms with Gasteiger partial charge < -0.3 is 14.3 Å². The third-order valence-corrected chi connectivity index (χ3v) is 13.0. The summed E-state index contributed by atoms with van der Waals surface area (Å²) in [4.78, 5) is 28.8. The van der Waals surface area contributed by atoms with E-state index in [0.717, 1.165) is 24.0 Å². The first kappa shape index (κ1) is 27.5. The first-order valence-corrected chi connectivity index (χ1v) is 17.0. The number of fused-ring (bicyclic) bond motifs is 5. The van der Waals surface area contributed by atoms with Gasteiger partial charge in [-0.05, 0) is 95.9 Å². The van der Waals surface area contributed by atoms with Crippen LogP contribution in [0.2, 0.25) is 0 Å². The Morgan fingerprint density at radius 2 is 1.57 bits per heavy atom. The van der Waals surface area contributed by atoms with Gasteiger partial charge in [0.15, 0.2) is 0 Å². The van der Waals surface area contributed by atoms with Crippen molar-refractivity contribution in [1.82, 2.24) is 0 Å². The Bertz CT molecular complexity index is 1180. The molecular formula is C23H37O9P3. The minimum atomic E-state index is -5.32. The molecule has 1 aromatic carbocycles. The van der Waals surface area contributed by atoms with E-state index in [9.17, 15) is 23.5 Å². The highest BCUT2D eigenvalue weighted by Gasteiger charge is 2.61. The summed E-state index contributed by atoms with van der Waals surface area (Å²) in [5, 5.41) is 0. The molecule has 3 aliphatic rings. The fourth-order valence-electron chi connectivity index (χ4n) is 7.97. The van der Waals surface area contributed by atoms with Crippen molar-refractivity contribution in [3.8, 4) is 5.75 Å². The molecule has 12 heteroatoms. The molecule has 3 N–H and O–H groups in total. The zero-order valence-corrected chi connectivity index (χ0v) is 23.9. The number of rotatable bonds is 6. The number of hydrogen-bond donors (Lipinski definition) is 3. The Hall–Kier alpha value is -0.490. The van der Waals surface area contributed by atoms with Gasteiger partial charge in [-0.15, -0.1) is 0 Å². The minimum absolute atomic E-state index is 0.00587. The second-order valence-corrected chi connectivity index (χ2v) is 16.9. The van der Waals surface area contributed by atoms with E-state index >= 15 is 0 Å². The highest BCUT2D eigenvalue weighted by molar-refractivity contribution is 7.68. The predicted molar refractivity (Wildman–Crippen MR) is 132 cm³/mol. The van der Waals surface area contributed by atoms with E-state index in [4.69, 9.17) is 9.42 Å². The van der Waals surface area contributed by atoms with Gasteiger partial charge >= 0.3 is 23.2 Å². The molecule has 0 bridgehead atoms. The smallest absolute Gasteiger partial charge is 0.404 e. The fraction of sp³-hybridized carbons (Fsp3) is 0.739. The van der Waals surface area contributed by atoms with Crippen LogP contribution < -0.4 is 4.52 Å². The zero-order valence-electron chi connectivity index (χ0n) is 21.2. The van der Waals surface area contributed by atoms with Crippen LogP contribution in [0.5, 0.6) is 5.75 Å². The van der Waals surface area contributed by atoms with Crippen LogP contribution in [0, 0.1) is 29.6 Å². The molecule has 0 saturated heterocycles. The summed E-state index contributed by atoms with van der Waals surface area (Å²) in [6.07, 6.45) is 6.73. The number of hydrogen-bond acceptors (Lipinski definition) is 6. The van der Waals surface area contributed by atoms with Gasteiger partial charge in [-0.25, -0.2) is 13.4 Å². The van der Waals surface area contributed by atoms with Crippen LogP contribution in [0.3, 0.4) is 0 Å². The third kappa shape index (κ3) is 5.13. The van der Waals surface area contributed by atoms with Crippen LogP contribution in [0.25, 0.3) is 0 Å². The van der Waals surface area contributed by atoms with Crippen molar-refractivity contribution in [2.45, 2.75) is 78.6 Å². The molecule has 0 amide bonds. The molecule has 198 valence electrons. The lowest BCUT2D eigenvalue weighted by Gasteiger charge is -2.61. The normalized spacial score (nSPS) is 36.6. The highest BCUT2D eigenvalue weighted by atomic mass is 31.3. The van der Waals surface area contributed by atoms with E-state index in [1.165, 1.54) is 31.2 Å². The molecular weight excluding hydrogens is 513 g/mol. The molecule has 1 aromatic rings. The van der Waals surface area contributed by atoms with Gasteiger partial charge in [0.25, 0.3) is 0 Å². The molecule has 0 aromatic heterocycles. The average Bonchev–Trinajstić information content (AvgIpc) is 2.91. The van der Waals surface area contributed by atoms with Crippen molar-refractivity contribution in [3.05, 3.63) is 28.8 Å². The lowest BCUT2D eigenvalue weighted by atomic mass is 9.43. The molecule has 9 nitrogen and oxygen atoms in total. The fourth-order valence-corrected chi connectivity index (χ4v) is 11.4. The van der Waals surface area contributed by atoms with Gasteiger partial charge in [-0.3, -0.25) is 9.46 Å². The Balaban J connectivity index is 1.63. The first-order valence-electron chi connectivity index (χ1n) is 12.0. The van der Waals surface area contributed by atoms with Gasteiger partial charge in [-0.1, -0.05) is 34.1 Å². The summed E-state index contributed by atoms with van der Waals surface area (Å²) < 4.78 is 49.0. The highest BCUT2D eigenvalue weighted by Crippen LogP contribution is 2.69. The second kappa shape index (κ2) is 8.51. The van der Waals surface area contributed by atoms with Crippen LogP contribution in [0.4, 0.5) is 0 Å². The van der Waals surface area contributed by atoms with E-state index in [-0.39, 0.29) is 16.6 Å². The maximum atomic E-state index is 12.4. The van der Waals surface area contributed by atoms with Crippen molar-refractivity contribution in [3.63, 3.8) is 0 Å². The molecule has 3 unspecified atom stereocenters. The van der Waals surface area contributed by atoms with E-state index < -0.39 is 23.2 Å². The summed E-state index contributed by atoms with van der Waals surface area (Å²) >= 11 is 0.